The van der Waals surface area contributed by atoms with Crippen molar-refractivity contribution >= 4 is 34.8 Å². The topological polar surface area (TPSA) is 63.2 Å². The van der Waals surface area contributed by atoms with E-state index >= 15 is 0 Å². The van der Waals surface area contributed by atoms with Gasteiger partial charge < -0.3 is 15.4 Å². The van der Waals surface area contributed by atoms with Gasteiger partial charge in [0.05, 0.1) is 23.8 Å². The van der Waals surface area contributed by atoms with Crippen LogP contribution in [-0.2, 0) is 22.6 Å². The largest absolute Gasteiger partial charge is 0.375 e. The maximum atomic E-state index is 12.0. The smallest absolute Gasteiger partial charge is 0.226 e. The Labute approximate surface area is 135 Å². The first kappa shape index (κ1) is 16.7. The molecular weight excluding hydrogens is 310 g/mol. The van der Waals surface area contributed by atoms with E-state index in [9.17, 15) is 4.79 Å². The highest BCUT2D eigenvalue weighted by Crippen LogP contribution is 2.27. The molecule has 2 N–H and O–H groups in total. The molecule has 2 aliphatic heterocycles. The van der Waals surface area contributed by atoms with Crippen LogP contribution in [0, 0.1) is 5.92 Å². The number of anilines is 1. The van der Waals surface area contributed by atoms with Crippen molar-refractivity contribution < 1.29 is 9.53 Å². The summed E-state index contributed by atoms with van der Waals surface area (Å²) < 4.78 is 5.39. The second-order valence-electron chi connectivity index (χ2n) is 5.47. The van der Waals surface area contributed by atoms with Gasteiger partial charge in [0.15, 0.2) is 5.13 Å². The zero-order valence-corrected chi connectivity index (χ0v) is 13.7. The predicted molar refractivity (Wildman–Crippen MR) is 86.2 cm³/mol. The number of ether oxygens (including phenoxy) is 1. The third kappa shape index (κ3) is 4.64. The molecule has 0 atom stereocenters. The molecule has 0 radical (unpaired) electrons. The van der Waals surface area contributed by atoms with Crippen LogP contribution in [0.1, 0.15) is 36.3 Å². The highest BCUT2D eigenvalue weighted by Gasteiger charge is 2.18. The molecule has 118 valence electrons. The Morgan fingerprint density at radius 1 is 1.43 bits per heavy atom. The molecule has 1 aromatic heterocycles. The van der Waals surface area contributed by atoms with Crippen LogP contribution < -0.4 is 10.6 Å². The number of piperidine rings is 1. The highest BCUT2D eigenvalue weighted by molar-refractivity contribution is 7.15. The minimum Gasteiger partial charge on any atom is -0.375 e. The molecule has 5 nitrogen and oxygen atoms in total. The SMILES string of the molecule is Cl.O=C(CCC1CCNCC1)Nc1nc2c(s1)COCC2. The van der Waals surface area contributed by atoms with Gasteiger partial charge in [0.1, 0.15) is 0 Å². The quantitative estimate of drug-likeness (QED) is 0.889. The number of aromatic nitrogens is 1. The Bertz CT molecular complexity index is 451. The first-order valence-electron chi connectivity index (χ1n) is 7.38. The van der Waals surface area contributed by atoms with Gasteiger partial charge in [-0.1, -0.05) is 11.3 Å². The van der Waals surface area contributed by atoms with E-state index < -0.39 is 0 Å². The van der Waals surface area contributed by atoms with E-state index in [-0.39, 0.29) is 18.3 Å². The van der Waals surface area contributed by atoms with Crippen molar-refractivity contribution in [2.45, 2.75) is 38.7 Å². The molecule has 3 heterocycles. The lowest BCUT2D eigenvalue weighted by Crippen LogP contribution is -2.28. The minimum atomic E-state index is 0. The van der Waals surface area contributed by atoms with Gasteiger partial charge >= 0.3 is 0 Å². The number of nitrogens with zero attached hydrogens (tertiary/aromatic N) is 1. The van der Waals surface area contributed by atoms with Crippen molar-refractivity contribution in [3.63, 3.8) is 0 Å². The average Bonchev–Trinajstić information content (AvgIpc) is 2.88. The van der Waals surface area contributed by atoms with Crippen molar-refractivity contribution in [1.82, 2.24) is 10.3 Å². The molecule has 1 saturated heterocycles. The van der Waals surface area contributed by atoms with Crippen molar-refractivity contribution in [2.24, 2.45) is 5.92 Å². The Morgan fingerprint density at radius 3 is 3.00 bits per heavy atom. The summed E-state index contributed by atoms with van der Waals surface area (Å²) in [4.78, 5) is 17.6. The van der Waals surface area contributed by atoms with Gasteiger partial charge in [-0.3, -0.25) is 4.79 Å². The number of thiazole rings is 1. The van der Waals surface area contributed by atoms with Crippen LogP contribution in [0.2, 0.25) is 0 Å². The Morgan fingerprint density at radius 2 is 2.24 bits per heavy atom. The normalized spacial score (nSPS) is 18.7. The molecule has 1 amide bonds. The molecule has 0 unspecified atom stereocenters. The van der Waals surface area contributed by atoms with Crippen molar-refractivity contribution in [1.29, 1.82) is 0 Å². The van der Waals surface area contributed by atoms with E-state index in [1.165, 1.54) is 12.8 Å². The predicted octanol–water partition coefficient (Wildman–Crippen LogP) is 2.36. The molecule has 0 aliphatic carbocycles. The molecule has 0 saturated carbocycles. The van der Waals surface area contributed by atoms with Gasteiger partial charge in [0.25, 0.3) is 0 Å². The maximum Gasteiger partial charge on any atom is 0.226 e. The summed E-state index contributed by atoms with van der Waals surface area (Å²) in [7, 11) is 0. The zero-order chi connectivity index (χ0) is 13.8. The van der Waals surface area contributed by atoms with Crippen molar-refractivity contribution in [3.05, 3.63) is 10.6 Å². The molecule has 0 aromatic carbocycles. The summed E-state index contributed by atoms with van der Waals surface area (Å²) in [5, 5.41) is 7.02. The van der Waals surface area contributed by atoms with Gasteiger partial charge in [-0.2, -0.15) is 0 Å². The molecule has 7 heteroatoms. The van der Waals surface area contributed by atoms with E-state index in [1.807, 2.05) is 0 Å². The Hall–Kier alpha value is -0.690. The molecule has 0 bridgehead atoms. The average molecular weight is 332 g/mol. The third-order valence-corrected chi connectivity index (χ3v) is 4.97. The first-order chi connectivity index (χ1) is 9.81. The summed E-state index contributed by atoms with van der Waals surface area (Å²) in [6, 6.07) is 0. The molecule has 1 aromatic rings. The van der Waals surface area contributed by atoms with Crippen LogP contribution in [0.25, 0.3) is 0 Å². The van der Waals surface area contributed by atoms with Crippen LogP contribution in [0.15, 0.2) is 0 Å². The van der Waals surface area contributed by atoms with Gasteiger partial charge in [0, 0.05) is 12.8 Å². The molecule has 2 aliphatic rings. The van der Waals surface area contributed by atoms with E-state index in [4.69, 9.17) is 4.74 Å². The number of rotatable bonds is 4. The van der Waals surface area contributed by atoms with Crippen LogP contribution in [0.5, 0.6) is 0 Å². The van der Waals surface area contributed by atoms with Crippen molar-refractivity contribution in [3.8, 4) is 0 Å². The summed E-state index contributed by atoms with van der Waals surface area (Å²) in [5.41, 5.74) is 1.09. The number of fused-ring (bicyclic) bond motifs is 1. The molecular formula is C14H22ClN3O2S. The van der Waals surface area contributed by atoms with Gasteiger partial charge in [-0.25, -0.2) is 4.98 Å². The lowest BCUT2D eigenvalue weighted by Gasteiger charge is -2.21. The standard InChI is InChI=1S/C14H21N3O2S.ClH/c18-13(2-1-10-3-6-15-7-4-10)17-14-16-11-5-8-19-9-12(11)20-14;/h10,15H,1-9H2,(H,16,17,18);1H. The number of nitrogens with one attached hydrogen (secondary N) is 2. The van der Waals surface area contributed by atoms with E-state index in [2.05, 4.69) is 15.6 Å². The van der Waals surface area contributed by atoms with Crippen molar-refractivity contribution in [2.75, 3.05) is 25.0 Å². The van der Waals surface area contributed by atoms with Crippen LogP contribution in [-0.4, -0.2) is 30.6 Å². The lowest BCUT2D eigenvalue weighted by atomic mass is 9.93. The van der Waals surface area contributed by atoms with E-state index in [0.29, 0.717) is 18.9 Å². The Balaban J connectivity index is 0.00000161. The molecule has 1 fully saturated rings. The second-order valence-corrected chi connectivity index (χ2v) is 6.56. The lowest BCUT2D eigenvalue weighted by molar-refractivity contribution is -0.116. The van der Waals surface area contributed by atoms with E-state index in [1.54, 1.807) is 11.3 Å². The maximum absolute atomic E-state index is 12.0. The van der Waals surface area contributed by atoms with Gasteiger partial charge in [-0.15, -0.1) is 12.4 Å². The van der Waals surface area contributed by atoms with Crippen LogP contribution >= 0.6 is 23.7 Å². The Kier molecular flexibility index (Phi) is 6.41. The fraction of sp³-hybridized carbons (Fsp3) is 0.714. The summed E-state index contributed by atoms with van der Waals surface area (Å²) >= 11 is 1.55. The fourth-order valence-corrected chi connectivity index (χ4v) is 3.73. The number of carbonyl (C=O) groups is 1. The summed E-state index contributed by atoms with van der Waals surface area (Å²) in [6.45, 7) is 3.55. The summed E-state index contributed by atoms with van der Waals surface area (Å²) in [6.07, 6.45) is 4.83. The van der Waals surface area contributed by atoms with E-state index in [0.717, 1.165) is 48.2 Å². The monoisotopic (exact) mass is 331 g/mol. The minimum absolute atomic E-state index is 0. The number of hydrogen-bond acceptors (Lipinski definition) is 5. The molecule has 0 spiro atoms. The first-order valence-corrected chi connectivity index (χ1v) is 8.20. The second kappa shape index (κ2) is 8.08. The zero-order valence-electron chi connectivity index (χ0n) is 12.0. The number of hydrogen-bond donors (Lipinski definition) is 2. The van der Waals surface area contributed by atoms with Gasteiger partial charge in [0.2, 0.25) is 5.91 Å². The molecule has 3 rings (SSSR count). The van der Waals surface area contributed by atoms with Gasteiger partial charge in [-0.05, 0) is 38.3 Å². The number of carbonyl (C=O) groups excluding carboxylic acids is 1. The van der Waals surface area contributed by atoms with Crippen LogP contribution in [0.4, 0.5) is 5.13 Å². The number of halogens is 1. The summed E-state index contributed by atoms with van der Waals surface area (Å²) in [5.74, 6) is 0.787. The number of amides is 1. The molecule has 21 heavy (non-hydrogen) atoms. The van der Waals surface area contributed by atoms with Crippen LogP contribution in [0.3, 0.4) is 0 Å². The highest BCUT2D eigenvalue weighted by atomic mass is 35.5. The fourth-order valence-electron chi connectivity index (χ4n) is 2.77. The third-order valence-electron chi connectivity index (χ3n) is 3.98.